The molecule has 27 heavy (non-hydrogen) atoms. The zero-order valence-corrected chi connectivity index (χ0v) is 16.6. The molecule has 0 aromatic heterocycles. The van der Waals surface area contributed by atoms with Gasteiger partial charge in [0.2, 0.25) is 0 Å². The summed E-state index contributed by atoms with van der Waals surface area (Å²) in [6.07, 6.45) is 1.24. The number of hydrogen-bond acceptors (Lipinski definition) is 4. The maximum absolute atomic E-state index is 8.92. The molecule has 6 heteroatoms. The number of methoxy groups -OCH3 is 2. The van der Waals surface area contributed by atoms with Crippen molar-refractivity contribution >= 4 is 17.3 Å². The number of benzene rings is 2. The van der Waals surface area contributed by atoms with Crippen LogP contribution in [0.2, 0.25) is 0 Å². The molecule has 142 valence electrons. The Labute approximate surface area is 166 Å². The van der Waals surface area contributed by atoms with Crippen LogP contribution in [-0.4, -0.2) is 37.3 Å². The van der Waals surface area contributed by atoms with E-state index in [1.54, 1.807) is 14.2 Å². The molecule has 0 radical (unpaired) electrons. The molecule has 0 amide bonds. The highest BCUT2D eigenvalue weighted by molar-refractivity contribution is 7.80. The predicted molar refractivity (Wildman–Crippen MR) is 111 cm³/mol. The second-order valence-corrected chi connectivity index (χ2v) is 6.37. The van der Waals surface area contributed by atoms with Crippen molar-refractivity contribution in [1.29, 1.82) is 5.26 Å². The van der Waals surface area contributed by atoms with E-state index in [-0.39, 0.29) is 0 Å². The number of nitrogens with zero attached hydrogens (tertiary/aromatic N) is 2. The van der Waals surface area contributed by atoms with Gasteiger partial charge in [-0.05, 0) is 41.9 Å². The maximum atomic E-state index is 8.92. The van der Waals surface area contributed by atoms with Gasteiger partial charge >= 0.3 is 0 Å². The van der Waals surface area contributed by atoms with Crippen LogP contribution in [-0.2, 0) is 13.0 Å². The third-order valence-corrected chi connectivity index (χ3v) is 4.54. The van der Waals surface area contributed by atoms with Crippen LogP contribution in [0.25, 0.3) is 0 Å². The van der Waals surface area contributed by atoms with Crippen LogP contribution in [0.1, 0.15) is 17.5 Å². The zero-order valence-electron chi connectivity index (χ0n) is 15.8. The van der Waals surface area contributed by atoms with Gasteiger partial charge in [-0.3, -0.25) is 0 Å². The Morgan fingerprint density at radius 1 is 1.07 bits per heavy atom. The summed E-state index contributed by atoms with van der Waals surface area (Å²) in [6, 6.07) is 18.2. The maximum Gasteiger partial charge on any atom is 0.169 e. The fourth-order valence-electron chi connectivity index (χ4n) is 2.70. The Bertz CT molecular complexity index is 775. The molecule has 0 bridgehead atoms. The van der Waals surface area contributed by atoms with E-state index in [1.165, 1.54) is 5.56 Å². The van der Waals surface area contributed by atoms with E-state index in [0.29, 0.717) is 31.2 Å². The van der Waals surface area contributed by atoms with Crippen LogP contribution in [0.5, 0.6) is 11.5 Å². The first-order valence-electron chi connectivity index (χ1n) is 8.82. The van der Waals surface area contributed by atoms with Crippen LogP contribution < -0.4 is 14.8 Å². The van der Waals surface area contributed by atoms with Crippen molar-refractivity contribution in [2.45, 2.75) is 19.4 Å². The van der Waals surface area contributed by atoms with Crippen LogP contribution >= 0.6 is 12.2 Å². The van der Waals surface area contributed by atoms with E-state index in [9.17, 15) is 0 Å². The highest BCUT2D eigenvalue weighted by atomic mass is 32.1. The lowest BCUT2D eigenvalue weighted by Gasteiger charge is -2.25. The fourth-order valence-corrected chi connectivity index (χ4v) is 2.96. The molecule has 0 aliphatic rings. The lowest BCUT2D eigenvalue weighted by Crippen LogP contribution is -2.40. The summed E-state index contributed by atoms with van der Waals surface area (Å²) in [7, 11) is 3.26. The SMILES string of the molecule is COc1ccc(CCNC(=S)N(CCC#N)Cc2ccccc2)cc1OC. The molecule has 0 heterocycles. The van der Waals surface area contributed by atoms with Gasteiger partial charge < -0.3 is 19.7 Å². The van der Waals surface area contributed by atoms with Crippen LogP contribution in [0.15, 0.2) is 48.5 Å². The number of nitrogens with one attached hydrogen (secondary N) is 1. The second-order valence-electron chi connectivity index (χ2n) is 5.99. The first-order valence-corrected chi connectivity index (χ1v) is 9.23. The van der Waals surface area contributed by atoms with Gasteiger partial charge in [-0.15, -0.1) is 0 Å². The molecule has 0 saturated carbocycles. The van der Waals surface area contributed by atoms with E-state index < -0.39 is 0 Å². The van der Waals surface area contributed by atoms with Crippen LogP contribution in [0.3, 0.4) is 0 Å². The number of ether oxygens (including phenoxy) is 2. The van der Waals surface area contributed by atoms with E-state index in [2.05, 4.69) is 23.5 Å². The topological polar surface area (TPSA) is 57.5 Å². The molecular formula is C21H25N3O2S. The minimum atomic E-state index is 0.435. The molecule has 0 spiro atoms. The highest BCUT2D eigenvalue weighted by Gasteiger charge is 2.10. The minimum absolute atomic E-state index is 0.435. The number of hydrogen-bond donors (Lipinski definition) is 1. The quantitative estimate of drug-likeness (QED) is 0.669. The van der Waals surface area contributed by atoms with Gasteiger partial charge in [-0.25, -0.2) is 0 Å². The lowest BCUT2D eigenvalue weighted by atomic mass is 10.1. The molecule has 0 aliphatic carbocycles. The van der Waals surface area contributed by atoms with Gasteiger partial charge in [0.05, 0.1) is 26.7 Å². The Kier molecular flexibility index (Phi) is 8.40. The number of rotatable bonds is 9. The van der Waals surface area contributed by atoms with Gasteiger partial charge in [0.15, 0.2) is 16.6 Å². The monoisotopic (exact) mass is 383 g/mol. The summed E-state index contributed by atoms with van der Waals surface area (Å²) in [6.45, 7) is 1.99. The van der Waals surface area contributed by atoms with Gasteiger partial charge in [0, 0.05) is 19.6 Å². The van der Waals surface area contributed by atoms with Crippen molar-refractivity contribution < 1.29 is 9.47 Å². The summed E-state index contributed by atoms with van der Waals surface area (Å²) >= 11 is 5.55. The molecule has 0 fully saturated rings. The molecule has 2 aromatic carbocycles. The molecule has 0 aliphatic heterocycles. The van der Waals surface area contributed by atoms with Crippen molar-refractivity contribution in [3.63, 3.8) is 0 Å². The van der Waals surface area contributed by atoms with E-state index in [1.807, 2.05) is 41.3 Å². The molecule has 0 unspecified atom stereocenters. The molecule has 0 saturated heterocycles. The predicted octanol–water partition coefficient (Wildman–Crippen LogP) is 3.54. The average molecular weight is 384 g/mol. The van der Waals surface area contributed by atoms with E-state index >= 15 is 0 Å². The normalized spacial score (nSPS) is 9.96. The van der Waals surface area contributed by atoms with Crippen molar-refractivity contribution in [3.05, 3.63) is 59.7 Å². The van der Waals surface area contributed by atoms with E-state index in [0.717, 1.165) is 23.5 Å². The Morgan fingerprint density at radius 2 is 1.81 bits per heavy atom. The summed E-state index contributed by atoms with van der Waals surface area (Å²) in [5, 5.41) is 12.9. The third-order valence-electron chi connectivity index (χ3n) is 4.13. The Hall–Kier alpha value is -2.78. The summed E-state index contributed by atoms with van der Waals surface area (Å²) in [5.74, 6) is 1.44. The number of nitriles is 1. The van der Waals surface area contributed by atoms with Crippen molar-refractivity contribution in [3.8, 4) is 17.6 Å². The minimum Gasteiger partial charge on any atom is -0.493 e. The molecule has 2 aromatic rings. The molecular weight excluding hydrogens is 358 g/mol. The number of thiocarbonyl (C=S) groups is 1. The summed E-state index contributed by atoms with van der Waals surface area (Å²) in [4.78, 5) is 2.03. The summed E-state index contributed by atoms with van der Waals surface area (Å²) in [5.41, 5.74) is 2.30. The highest BCUT2D eigenvalue weighted by Crippen LogP contribution is 2.27. The van der Waals surface area contributed by atoms with Gasteiger partial charge in [-0.1, -0.05) is 36.4 Å². The van der Waals surface area contributed by atoms with Crippen LogP contribution in [0, 0.1) is 11.3 Å². The third kappa shape index (κ3) is 6.46. The van der Waals surface area contributed by atoms with E-state index in [4.69, 9.17) is 27.0 Å². The van der Waals surface area contributed by atoms with Crippen molar-refractivity contribution in [1.82, 2.24) is 10.2 Å². The zero-order chi connectivity index (χ0) is 19.5. The lowest BCUT2D eigenvalue weighted by molar-refractivity contribution is 0.354. The van der Waals surface area contributed by atoms with Crippen LogP contribution in [0.4, 0.5) is 0 Å². The molecule has 0 atom stereocenters. The van der Waals surface area contributed by atoms with Gasteiger partial charge in [0.1, 0.15) is 0 Å². The first kappa shape index (κ1) is 20.5. The van der Waals surface area contributed by atoms with Crippen molar-refractivity contribution in [2.75, 3.05) is 27.3 Å². The standard InChI is InChI=1S/C21H25N3O2S/c1-25-19-10-9-17(15-20(19)26-2)11-13-23-21(27)24(14-6-12-22)16-18-7-4-3-5-8-18/h3-5,7-10,15H,6,11,13-14,16H2,1-2H3,(H,23,27). The first-order chi connectivity index (χ1) is 13.2. The molecule has 1 N–H and O–H groups in total. The second kappa shape index (κ2) is 11.0. The largest absolute Gasteiger partial charge is 0.493 e. The van der Waals surface area contributed by atoms with Crippen molar-refractivity contribution in [2.24, 2.45) is 0 Å². The van der Waals surface area contributed by atoms with Gasteiger partial charge in [-0.2, -0.15) is 5.26 Å². The fraction of sp³-hybridized carbons (Fsp3) is 0.333. The molecule has 5 nitrogen and oxygen atoms in total. The average Bonchev–Trinajstić information content (AvgIpc) is 2.71. The Morgan fingerprint density at radius 3 is 2.48 bits per heavy atom. The van der Waals surface area contributed by atoms with Gasteiger partial charge in [0.25, 0.3) is 0 Å². The smallest absolute Gasteiger partial charge is 0.169 e. The summed E-state index contributed by atoms with van der Waals surface area (Å²) < 4.78 is 10.6. The molecule has 2 rings (SSSR count). The Balaban J connectivity index is 1.92.